The minimum atomic E-state index is -0.306. The van der Waals surface area contributed by atoms with Gasteiger partial charge in [0.2, 0.25) is 0 Å². The molecule has 0 unspecified atom stereocenters. The second-order valence-corrected chi connectivity index (χ2v) is 5.65. The van der Waals surface area contributed by atoms with Crippen molar-refractivity contribution in [3.8, 4) is 11.3 Å². The van der Waals surface area contributed by atoms with Crippen LogP contribution in [0.15, 0.2) is 24.4 Å². The van der Waals surface area contributed by atoms with Crippen molar-refractivity contribution in [2.24, 2.45) is 0 Å². The van der Waals surface area contributed by atoms with E-state index in [0.29, 0.717) is 5.56 Å². The lowest BCUT2D eigenvalue weighted by molar-refractivity contribution is 0.550. The zero-order valence-electron chi connectivity index (χ0n) is 11.1. The molecule has 18 heavy (non-hydrogen) atoms. The highest BCUT2D eigenvalue weighted by molar-refractivity contribution is 5.78. The Labute approximate surface area is 107 Å². The van der Waals surface area contributed by atoms with E-state index >= 15 is 0 Å². The number of benzene rings is 1. The van der Waals surface area contributed by atoms with Gasteiger partial charge in [-0.15, -0.1) is 0 Å². The van der Waals surface area contributed by atoms with Gasteiger partial charge in [0.15, 0.2) is 0 Å². The third kappa shape index (κ3) is 1.29. The van der Waals surface area contributed by atoms with Crippen molar-refractivity contribution >= 4 is 0 Å². The van der Waals surface area contributed by atoms with Crippen molar-refractivity contribution < 1.29 is 4.39 Å². The first kappa shape index (κ1) is 11.4. The summed E-state index contributed by atoms with van der Waals surface area (Å²) in [7, 11) is 0. The molecule has 0 N–H and O–H groups in total. The Kier molecular flexibility index (Phi) is 2.16. The van der Waals surface area contributed by atoms with Crippen LogP contribution >= 0.6 is 0 Å². The summed E-state index contributed by atoms with van der Waals surface area (Å²) in [5, 5.41) is 0. The molecule has 2 aromatic rings. The summed E-state index contributed by atoms with van der Waals surface area (Å²) in [6.45, 7) is 7.98. The average Bonchev–Trinajstić information content (AvgIpc) is 2.53. The quantitative estimate of drug-likeness (QED) is 0.675. The van der Waals surface area contributed by atoms with Gasteiger partial charge in [-0.25, -0.2) is 4.39 Å². The molecule has 0 amide bonds. The van der Waals surface area contributed by atoms with E-state index in [-0.39, 0.29) is 11.2 Å². The standard InChI is InChI=1S/C16H16FN/c1-9-5-6-11-12(7-9)16(3,4)13-14(17)10(2)8-18-15(11)13/h5-8H,1-4H3. The van der Waals surface area contributed by atoms with Crippen molar-refractivity contribution in [2.75, 3.05) is 0 Å². The van der Waals surface area contributed by atoms with Gasteiger partial charge in [0.05, 0.1) is 5.69 Å². The molecule has 1 aliphatic rings. The maximum Gasteiger partial charge on any atom is 0.133 e. The molecule has 92 valence electrons. The first-order valence-corrected chi connectivity index (χ1v) is 6.20. The topological polar surface area (TPSA) is 12.9 Å². The Balaban J connectivity index is 2.42. The van der Waals surface area contributed by atoms with Gasteiger partial charge in [-0.2, -0.15) is 0 Å². The molecular formula is C16H16FN. The summed E-state index contributed by atoms with van der Waals surface area (Å²) < 4.78 is 14.4. The monoisotopic (exact) mass is 241 g/mol. The molecule has 0 atom stereocenters. The van der Waals surface area contributed by atoms with Crippen LogP contribution in [0, 0.1) is 19.7 Å². The molecule has 0 saturated heterocycles. The summed E-state index contributed by atoms with van der Waals surface area (Å²) in [5.41, 5.74) is 5.30. The zero-order valence-corrected chi connectivity index (χ0v) is 11.1. The maximum absolute atomic E-state index is 14.4. The molecule has 0 fully saturated rings. The van der Waals surface area contributed by atoms with Crippen molar-refractivity contribution in [2.45, 2.75) is 33.1 Å². The number of pyridine rings is 1. The molecule has 3 rings (SSSR count). The normalized spacial score (nSPS) is 15.4. The molecule has 1 aromatic heterocycles. The van der Waals surface area contributed by atoms with Crippen LogP contribution in [0.4, 0.5) is 4.39 Å². The van der Waals surface area contributed by atoms with Gasteiger partial charge in [0, 0.05) is 28.3 Å². The van der Waals surface area contributed by atoms with Crippen LogP contribution in [0.3, 0.4) is 0 Å². The molecule has 2 heteroatoms. The minimum Gasteiger partial charge on any atom is -0.255 e. The lowest BCUT2D eigenvalue weighted by Crippen LogP contribution is -2.17. The summed E-state index contributed by atoms with van der Waals surface area (Å²) in [6.07, 6.45) is 1.62. The van der Waals surface area contributed by atoms with E-state index in [9.17, 15) is 4.39 Å². The van der Waals surface area contributed by atoms with Gasteiger partial charge in [0.25, 0.3) is 0 Å². The minimum absolute atomic E-state index is 0.112. The molecule has 0 aliphatic heterocycles. The fourth-order valence-corrected chi connectivity index (χ4v) is 2.87. The SMILES string of the molecule is Cc1ccc2c(c1)C(C)(C)c1c-2ncc(C)c1F. The average molecular weight is 241 g/mol. The van der Waals surface area contributed by atoms with Crippen LogP contribution in [-0.4, -0.2) is 4.98 Å². The van der Waals surface area contributed by atoms with E-state index in [1.165, 1.54) is 11.1 Å². The number of halogens is 1. The first-order chi connectivity index (χ1) is 8.43. The highest BCUT2D eigenvalue weighted by Crippen LogP contribution is 2.49. The maximum atomic E-state index is 14.4. The molecule has 1 heterocycles. The first-order valence-electron chi connectivity index (χ1n) is 6.20. The van der Waals surface area contributed by atoms with Crippen molar-refractivity contribution in [1.82, 2.24) is 4.98 Å². The van der Waals surface area contributed by atoms with E-state index < -0.39 is 0 Å². The fraction of sp³-hybridized carbons (Fsp3) is 0.312. The van der Waals surface area contributed by atoms with Crippen LogP contribution in [-0.2, 0) is 5.41 Å². The third-order valence-electron chi connectivity index (χ3n) is 3.92. The van der Waals surface area contributed by atoms with Crippen LogP contribution in [0.25, 0.3) is 11.3 Å². The molecule has 0 radical (unpaired) electrons. The Morgan fingerprint density at radius 1 is 1.17 bits per heavy atom. The highest BCUT2D eigenvalue weighted by Gasteiger charge is 2.39. The van der Waals surface area contributed by atoms with Gasteiger partial charge in [-0.3, -0.25) is 4.98 Å². The van der Waals surface area contributed by atoms with E-state index in [0.717, 1.165) is 16.8 Å². The number of nitrogens with zero attached hydrogens (tertiary/aromatic N) is 1. The second kappa shape index (κ2) is 3.41. The van der Waals surface area contributed by atoms with Crippen molar-refractivity contribution in [1.29, 1.82) is 0 Å². The smallest absolute Gasteiger partial charge is 0.133 e. The second-order valence-electron chi connectivity index (χ2n) is 5.65. The summed E-state index contributed by atoms with van der Waals surface area (Å²) in [6, 6.07) is 6.26. The summed E-state index contributed by atoms with van der Waals surface area (Å²) in [4.78, 5) is 4.45. The Morgan fingerprint density at radius 2 is 1.89 bits per heavy atom. The predicted octanol–water partition coefficient (Wildman–Crippen LogP) is 4.14. The number of rotatable bonds is 0. The molecule has 1 nitrogen and oxygen atoms in total. The molecule has 1 aliphatic carbocycles. The van der Waals surface area contributed by atoms with Crippen LogP contribution in [0.1, 0.15) is 36.1 Å². The predicted molar refractivity (Wildman–Crippen MR) is 71.2 cm³/mol. The van der Waals surface area contributed by atoms with Gasteiger partial charge in [-0.1, -0.05) is 37.6 Å². The largest absolute Gasteiger partial charge is 0.255 e. The number of aryl methyl sites for hydroxylation is 2. The zero-order chi connectivity index (χ0) is 13.1. The van der Waals surface area contributed by atoms with Crippen LogP contribution in [0.2, 0.25) is 0 Å². The number of hydrogen-bond donors (Lipinski definition) is 0. The van der Waals surface area contributed by atoms with Crippen molar-refractivity contribution in [3.05, 3.63) is 52.5 Å². The third-order valence-corrected chi connectivity index (χ3v) is 3.92. The van der Waals surface area contributed by atoms with E-state index in [2.05, 4.69) is 44.0 Å². The highest BCUT2D eigenvalue weighted by atomic mass is 19.1. The number of fused-ring (bicyclic) bond motifs is 3. The molecular weight excluding hydrogens is 225 g/mol. The Hall–Kier alpha value is -1.70. The molecule has 0 saturated carbocycles. The van der Waals surface area contributed by atoms with E-state index in [4.69, 9.17) is 0 Å². The Morgan fingerprint density at radius 3 is 2.61 bits per heavy atom. The van der Waals surface area contributed by atoms with Crippen LogP contribution < -0.4 is 0 Å². The van der Waals surface area contributed by atoms with E-state index in [1.54, 1.807) is 13.1 Å². The Bertz CT molecular complexity index is 656. The molecule has 1 aromatic carbocycles. The van der Waals surface area contributed by atoms with Gasteiger partial charge >= 0.3 is 0 Å². The molecule has 0 bridgehead atoms. The summed E-state index contributed by atoms with van der Waals surface area (Å²) in [5.74, 6) is -0.112. The summed E-state index contributed by atoms with van der Waals surface area (Å²) >= 11 is 0. The van der Waals surface area contributed by atoms with Gasteiger partial charge in [0.1, 0.15) is 5.82 Å². The lowest BCUT2D eigenvalue weighted by Gasteiger charge is -2.22. The van der Waals surface area contributed by atoms with E-state index in [1.807, 2.05) is 0 Å². The van der Waals surface area contributed by atoms with Crippen LogP contribution in [0.5, 0.6) is 0 Å². The van der Waals surface area contributed by atoms with Gasteiger partial charge < -0.3 is 0 Å². The number of hydrogen-bond acceptors (Lipinski definition) is 1. The fourth-order valence-electron chi connectivity index (χ4n) is 2.87. The molecule has 0 spiro atoms. The number of aromatic nitrogens is 1. The lowest BCUT2D eigenvalue weighted by atomic mass is 9.81. The van der Waals surface area contributed by atoms with Crippen molar-refractivity contribution in [3.63, 3.8) is 0 Å². The van der Waals surface area contributed by atoms with Gasteiger partial charge in [-0.05, 0) is 19.4 Å².